The predicted octanol–water partition coefficient (Wildman–Crippen LogP) is 1.07. The average molecular weight is 350 g/mol. The van der Waals surface area contributed by atoms with Crippen LogP contribution in [0, 0.1) is 10.1 Å². The second kappa shape index (κ2) is 7.38. The number of methoxy groups -OCH3 is 2. The normalized spacial score (nSPS) is 10.2. The highest BCUT2D eigenvalue weighted by Crippen LogP contribution is 2.34. The van der Waals surface area contributed by atoms with Gasteiger partial charge < -0.3 is 14.2 Å². The molecule has 0 unspecified atom stereocenters. The minimum Gasteiger partial charge on any atom is -0.493 e. The van der Waals surface area contributed by atoms with Crippen LogP contribution < -0.4 is 9.47 Å². The van der Waals surface area contributed by atoms with Gasteiger partial charge in [-0.3, -0.25) is 14.9 Å². The van der Waals surface area contributed by atoms with Gasteiger partial charge in [-0.25, -0.2) is 4.79 Å². The second-order valence-corrected chi connectivity index (χ2v) is 4.53. The maximum Gasteiger partial charge on any atom is 0.360 e. The average Bonchev–Trinajstić information content (AvgIpc) is 3.10. The van der Waals surface area contributed by atoms with Crippen LogP contribution in [0.3, 0.4) is 0 Å². The van der Waals surface area contributed by atoms with Crippen LogP contribution in [0.2, 0.25) is 0 Å². The minimum atomic E-state index is -0.914. The van der Waals surface area contributed by atoms with Crippen molar-refractivity contribution in [3.63, 3.8) is 0 Å². The van der Waals surface area contributed by atoms with Gasteiger partial charge in [-0.1, -0.05) is 0 Å². The van der Waals surface area contributed by atoms with Gasteiger partial charge in [-0.15, -0.1) is 9.90 Å². The Bertz CT molecular complexity index is 831. The SMILES string of the molecule is CCOC(=O)c1cnn(C(=O)c2cc(OC)c(OC)cc2[N+](=O)[O-])n1. The third kappa shape index (κ3) is 3.54. The number of nitro groups is 1. The molecule has 0 aliphatic carbocycles. The largest absolute Gasteiger partial charge is 0.493 e. The monoisotopic (exact) mass is 350 g/mol. The van der Waals surface area contributed by atoms with E-state index in [4.69, 9.17) is 14.2 Å². The van der Waals surface area contributed by atoms with E-state index >= 15 is 0 Å². The van der Waals surface area contributed by atoms with Crippen molar-refractivity contribution >= 4 is 17.6 Å². The summed E-state index contributed by atoms with van der Waals surface area (Å²) in [7, 11) is 2.63. The van der Waals surface area contributed by atoms with Crippen molar-refractivity contribution in [1.82, 2.24) is 15.0 Å². The van der Waals surface area contributed by atoms with E-state index in [1.165, 1.54) is 14.2 Å². The molecule has 0 atom stereocenters. The molecule has 0 spiro atoms. The van der Waals surface area contributed by atoms with Crippen LogP contribution >= 0.6 is 0 Å². The van der Waals surface area contributed by atoms with E-state index in [2.05, 4.69) is 10.2 Å². The Morgan fingerprint density at radius 2 is 1.88 bits per heavy atom. The maximum atomic E-state index is 12.5. The molecule has 0 amide bonds. The first-order valence-corrected chi connectivity index (χ1v) is 6.97. The molecule has 1 aromatic heterocycles. The van der Waals surface area contributed by atoms with E-state index in [1.807, 2.05) is 0 Å². The van der Waals surface area contributed by atoms with Crippen molar-refractivity contribution in [2.24, 2.45) is 0 Å². The fourth-order valence-corrected chi connectivity index (χ4v) is 1.96. The molecule has 2 aromatic rings. The van der Waals surface area contributed by atoms with E-state index < -0.39 is 22.5 Å². The first-order chi connectivity index (χ1) is 11.9. The van der Waals surface area contributed by atoms with Crippen LogP contribution in [0.5, 0.6) is 11.5 Å². The highest BCUT2D eigenvalue weighted by Gasteiger charge is 2.27. The lowest BCUT2D eigenvalue weighted by Gasteiger charge is -2.09. The lowest BCUT2D eigenvalue weighted by Crippen LogP contribution is -2.18. The number of hydrogen-bond donors (Lipinski definition) is 0. The third-order valence-corrected chi connectivity index (χ3v) is 3.09. The van der Waals surface area contributed by atoms with E-state index in [9.17, 15) is 19.7 Å². The van der Waals surface area contributed by atoms with Gasteiger partial charge in [0.2, 0.25) is 0 Å². The fraction of sp³-hybridized carbons (Fsp3) is 0.286. The summed E-state index contributed by atoms with van der Waals surface area (Å²) in [5, 5.41) is 18.6. The van der Waals surface area contributed by atoms with Gasteiger partial charge in [0, 0.05) is 6.07 Å². The molecule has 0 aliphatic rings. The summed E-state index contributed by atoms with van der Waals surface area (Å²) in [6.07, 6.45) is 1.03. The van der Waals surface area contributed by atoms with Crippen LogP contribution in [0.4, 0.5) is 5.69 Å². The van der Waals surface area contributed by atoms with Crippen molar-refractivity contribution in [3.8, 4) is 11.5 Å². The smallest absolute Gasteiger partial charge is 0.360 e. The Hall–Kier alpha value is -3.50. The van der Waals surface area contributed by atoms with E-state index in [0.29, 0.717) is 4.80 Å². The molecule has 0 saturated carbocycles. The standard InChI is InChI=1S/C14H14N4O7/c1-4-25-14(20)9-7-15-17(16-9)13(19)8-5-11(23-2)12(24-3)6-10(8)18(21)22/h5-7H,4H2,1-3H3. The van der Waals surface area contributed by atoms with Crippen molar-refractivity contribution in [1.29, 1.82) is 0 Å². The summed E-state index contributed by atoms with van der Waals surface area (Å²) in [6.45, 7) is 1.74. The zero-order chi connectivity index (χ0) is 18.6. The molecule has 0 bridgehead atoms. The number of nitrogens with zero attached hydrogens (tertiary/aromatic N) is 4. The van der Waals surface area contributed by atoms with Crippen LogP contribution in [0.1, 0.15) is 27.8 Å². The molecule has 25 heavy (non-hydrogen) atoms. The molecule has 1 aromatic carbocycles. The van der Waals surface area contributed by atoms with E-state index in [0.717, 1.165) is 18.3 Å². The molecule has 0 saturated heterocycles. The van der Waals surface area contributed by atoms with Gasteiger partial charge in [0.05, 0.1) is 38.0 Å². The Morgan fingerprint density at radius 1 is 1.24 bits per heavy atom. The van der Waals surface area contributed by atoms with Gasteiger partial charge in [0.15, 0.2) is 17.2 Å². The van der Waals surface area contributed by atoms with E-state index in [1.54, 1.807) is 6.92 Å². The van der Waals surface area contributed by atoms with Gasteiger partial charge >= 0.3 is 11.9 Å². The number of hydrogen-bond acceptors (Lipinski definition) is 9. The predicted molar refractivity (Wildman–Crippen MR) is 81.9 cm³/mol. The summed E-state index contributed by atoms with van der Waals surface area (Å²) in [5.74, 6) is -1.47. The number of aromatic nitrogens is 3. The third-order valence-electron chi connectivity index (χ3n) is 3.09. The van der Waals surface area contributed by atoms with Crippen molar-refractivity contribution in [3.05, 3.63) is 39.7 Å². The Kier molecular flexibility index (Phi) is 5.27. The lowest BCUT2D eigenvalue weighted by atomic mass is 10.1. The summed E-state index contributed by atoms with van der Waals surface area (Å²) in [4.78, 5) is 35.2. The van der Waals surface area contributed by atoms with Gasteiger partial charge in [0.25, 0.3) is 5.69 Å². The molecule has 0 N–H and O–H groups in total. The van der Waals surface area contributed by atoms with Crippen molar-refractivity contribution < 1.29 is 28.7 Å². The number of esters is 1. The quantitative estimate of drug-likeness (QED) is 0.425. The molecule has 2 rings (SSSR count). The van der Waals surface area contributed by atoms with Gasteiger partial charge in [0.1, 0.15) is 5.56 Å². The number of benzene rings is 1. The minimum absolute atomic E-state index is 0.0892. The molecule has 1 heterocycles. The van der Waals surface area contributed by atoms with Crippen molar-refractivity contribution in [2.45, 2.75) is 6.92 Å². The molecular formula is C14H14N4O7. The van der Waals surface area contributed by atoms with Gasteiger partial charge in [-0.2, -0.15) is 5.10 Å². The van der Waals surface area contributed by atoms with Crippen LogP contribution in [0.25, 0.3) is 0 Å². The topological polar surface area (TPSA) is 136 Å². The fourth-order valence-electron chi connectivity index (χ4n) is 1.96. The summed E-state index contributed by atoms with van der Waals surface area (Å²) < 4.78 is 14.8. The molecular weight excluding hydrogens is 336 g/mol. The molecule has 11 nitrogen and oxygen atoms in total. The van der Waals surface area contributed by atoms with Crippen molar-refractivity contribution in [2.75, 3.05) is 20.8 Å². The number of rotatable bonds is 6. The molecule has 0 aliphatic heterocycles. The lowest BCUT2D eigenvalue weighted by molar-refractivity contribution is -0.385. The van der Waals surface area contributed by atoms with E-state index in [-0.39, 0.29) is 29.4 Å². The number of carbonyl (C=O) groups is 2. The number of carbonyl (C=O) groups excluding carboxylic acids is 2. The maximum absolute atomic E-state index is 12.5. The second-order valence-electron chi connectivity index (χ2n) is 4.53. The first-order valence-electron chi connectivity index (χ1n) is 6.97. The Balaban J connectivity index is 2.48. The van der Waals surface area contributed by atoms with Crippen LogP contribution in [0.15, 0.2) is 18.3 Å². The zero-order valence-corrected chi connectivity index (χ0v) is 13.6. The number of ether oxygens (including phenoxy) is 3. The van der Waals surface area contributed by atoms with Gasteiger partial charge in [-0.05, 0) is 6.92 Å². The summed E-state index contributed by atoms with van der Waals surface area (Å²) >= 11 is 0. The number of nitro benzene ring substituents is 1. The summed E-state index contributed by atoms with van der Waals surface area (Å²) in [5.41, 5.74) is -1.04. The Morgan fingerprint density at radius 3 is 2.44 bits per heavy atom. The molecule has 0 radical (unpaired) electrons. The molecule has 132 valence electrons. The van der Waals surface area contributed by atoms with Crippen LogP contribution in [-0.4, -0.2) is 52.6 Å². The highest BCUT2D eigenvalue weighted by atomic mass is 16.6. The summed E-state index contributed by atoms with van der Waals surface area (Å²) in [6, 6.07) is 2.20. The molecule has 0 fully saturated rings. The zero-order valence-electron chi connectivity index (χ0n) is 13.6. The molecule has 11 heteroatoms. The Labute approximate surface area is 141 Å². The highest BCUT2D eigenvalue weighted by molar-refractivity contribution is 6.00. The van der Waals surface area contributed by atoms with Crippen LogP contribution in [-0.2, 0) is 4.74 Å². The first kappa shape index (κ1) is 17.8.